The first-order valence-electron chi connectivity index (χ1n) is 6.05. The van der Waals surface area contributed by atoms with E-state index in [1.807, 2.05) is 0 Å². The van der Waals surface area contributed by atoms with Crippen molar-refractivity contribution in [2.24, 2.45) is 0 Å². The van der Waals surface area contributed by atoms with Crippen LogP contribution in [0.2, 0.25) is 0 Å². The van der Waals surface area contributed by atoms with Crippen molar-refractivity contribution >= 4 is 27.3 Å². The second-order valence-electron chi connectivity index (χ2n) is 4.61. The molecule has 21 heavy (non-hydrogen) atoms. The topological polar surface area (TPSA) is 96.4 Å². The number of sulfone groups is 1. The van der Waals surface area contributed by atoms with E-state index < -0.39 is 15.8 Å². The normalized spacial score (nSPS) is 11.1. The Morgan fingerprint density at radius 3 is 2.33 bits per heavy atom. The molecular formula is C14H14N2O4S. The van der Waals surface area contributed by atoms with Gasteiger partial charge in [-0.05, 0) is 43.3 Å². The molecule has 2 rings (SSSR count). The molecule has 0 aliphatic carbocycles. The zero-order valence-electron chi connectivity index (χ0n) is 11.5. The molecule has 0 aliphatic heterocycles. The second-order valence-corrected chi connectivity index (χ2v) is 6.62. The van der Waals surface area contributed by atoms with Crippen LogP contribution in [0.15, 0.2) is 41.3 Å². The average Bonchev–Trinajstić information content (AvgIpc) is 2.37. The maximum absolute atomic E-state index is 11.4. The van der Waals surface area contributed by atoms with Crippen LogP contribution in [-0.4, -0.2) is 30.7 Å². The summed E-state index contributed by atoms with van der Waals surface area (Å²) < 4.78 is 22.7. The molecule has 0 fully saturated rings. The fraction of sp³-hybridized carbons (Fsp3) is 0.143. The Morgan fingerprint density at radius 1 is 1.19 bits per heavy atom. The lowest BCUT2D eigenvalue weighted by Gasteiger charge is -2.08. The average molecular weight is 306 g/mol. The summed E-state index contributed by atoms with van der Waals surface area (Å²) in [5, 5.41) is 12.0. The van der Waals surface area contributed by atoms with Crippen molar-refractivity contribution < 1.29 is 18.3 Å². The van der Waals surface area contributed by atoms with E-state index >= 15 is 0 Å². The van der Waals surface area contributed by atoms with Gasteiger partial charge < -0.3 is 10.4 Å². The van der Waals surface area contributed by atoms with E-state index in [1.165, 1.54) is 24.3 Å². The molecule has 0 saturated carbocycles. The van der Waals surface area contributed by atoms with E-state index in [1.54, 1.807) is 19.1 Å². The number of benzene rings is 1. The highest BCUT2D eigenvalue weighted by molar-refractivity contribution is 7.90. The van der Waals surface area contributed by atoms with Crippen molar-refractivity contribution in [3.63, 3.8) is 0 Å². The second kappa shape index (κ2) is 5.53. The van der Waals surface area contributed by atoms with Gasteiger partial charge >= 0.3 is 5.97 Å². The molecule has 7 heteroatoms. The van der Waals surface area contributed by atoms with Crippen LogP contribution in [0.3, 0.4) is 0 Å². The zero-order chi connectivity index (χ0) is 15.6. The number of aromatic carboxylic acids is 1. The van der Waals surface area contributed by atoms with Crippen LogP contribution in [0.25, 0.3) is 0 Å². The summed E-state index contributed by atoms with van der Waals surface area (Å²) in [5.41, 5.74) is 1.33. The van der Waals surface area contributed by atoms with Crippen LogP contribution < -0.4 is 5.32 Å². The lowest BCUT2D eigenvalue weighted by Crippen LogP contribution is -2.02. The third-order valence-electron chi connectivity index (χ3n) is 2.76. The van der Waals surface area contributed by atoms with Gasteiger partial charge in [-0.3, -0.25) is 0 Å². The maximum atomic E-state index is 11.4. The van der Waals surface area contributed by atoms with Gasteiger partial charge in [0.25, 0.3) is 0 Å². The molecule has 0 radical (unpaired) electrons. The minimum atomic E-state index is -3.24. The Hall–Kier alpha value is -2.41. The number of pyridine rings is 1. The number of rotatable bonds is 4. The summed E-state index contributed by atoms with van der Waals surface area (Å²) in [4.78, 5) is 15.4. The maximum Gasteiger partial charge on any atom is 0.335 e. The first kappa shape index (κ1) is 15.0. The number of hydrogen-bond donors (Lipinski definition) is 2. The number of carbonyl (C=O) groups is 1. The van der Waals surface area contributed by atoms with Gasteiger partial charge in [-0.25, -0.2) is 18.2 Å². The van der Waals surface area contributed by atoms with Crippen LogP contribution in [0.4, 0.5) is 11.5 Å². The van der Waals surface area contributed by atoms with Crippen LogP contribution >= 0.6 is 0 Å². The number of hydrogen-bond acceptors (Lipinski definition) is 5. The van der Waals surface area contributed by atoms with E-state index in [0.717, 1.165) is 6.26 Å². The van der Waals surface area contributed by atoms with Crippen molar-refractivity contribution in [1.29, 1.82) is 0 Å². The summed E-state index contributed by atoms with van der Waals surface area (Å²) in [6, 6.07) is 9.04. The van der Waals surface area contributed by atoms with Crippen LogP contribution in [-0.2, 0) is 9.84 Å². The summed E-state index contributed by atoms with van der Waals surface area (Å²) in [6.45, 7) is 1.70. The van der Waals surface area contributed by atoms with Crippen LogP contribution in [0, 0.1) is 6.92 Å². The van der Waals surface area contributed by atoms with Gasteiger partial charge in [0.15, 0.2) is 9.84 Å². The SMILES string of the molecule is Cc1cc(C(=O)O)cc(Nc2ccc(S(C)(=O)=O)cc2)n1. The predicted octanol–water partition coefficient (Wildman–Crippen LogP) is 2.24. The molecule has 0 atom stereocenters. The van der Waals surface area contributed by atoms with E-state index in [2.05, 4.69) is 10.3 Å². The highest BCUT2D eigenvalue weighted by atomic mass is 32.2. The minimum absolute atomic E-state index is 0.137. The van der Waals surface area contributed by atoms with E-state index in [9.17, 15) is 13.2 Å². The molecule has 0 bridgehead atoms. The fourth-order valence-corrected chi connectivity index (χ4v) is 2.42. The van der Waals surface area contributed by atoms with Crippen LogP contribution in [0.1, 0.15) is 16.1 Å². The zero-order valence-corrected chi connectivity index (χ0v) is 12.3. The molecule has 0 spiro atoms. The number of carboxylic acids is 1. The molecule has 0 unspecified atom stereocenters. The number of aryl methyl sites for hydroxylation is 1. The first-order chi connectivity index (χ1) is 9.75. The largest absolute Gasteiger partial charge is 0.478 e. The first-order valence-corrected chi connectivity index (χ1v) is 7.94. The standard InChI is InChI=1S/C14H14N2O4S/c1-9-7-10(14(17)18)8-13(15-9)16-11-3-5-12(6-4-11)21(2,19)20/h3-8H,1-2H3,(H,15,16)(H,17,18). The summed E-state index contributed by atoms with van der Waals surface area (Å²) in [5.74, 6) is -0.643. The molecule has 0 aliphatic rings. The minimum Gasteiger partial charge on any atom is -0.478 e. The van der Waals surface area contributed by atoms with Gasteiger partial charge in [0.05, 0.1) is 10.5 Å². The molecule has 2 N–H and O–H groups in total. The molecule has 0 amide bonds. The number of carboxylic acid groups (broad SMARTS) is 1. The van der Waals surface area contributed by atoms with Gasteiger partial charge in [-0.2, -0.15) is 0 Å². The van der Waals surface area contributed by atoms with E-state index in [0.29, 0.717) is 17.2 Å². The van der Waals surface area contributed by atoms with Gasteiger partial charge in [-0.1, -0.05) is 0 Å². The number of anilines is 2. The number of nitrogens with zero attached hydrogens (tertiary/aromatic N) is 1. The van der Waals surface area contributed by atoms with E-state index in [4.69, 9.17) is 5.11 Å². The van der Waals surface area contributed by atoms with Crippen molar-refractivity contribution in [2.45, 2.75) is 11.8 Å². The van der Waals surface area contributed by atoms with Crippen molar-refractivity contribution in [3.8, 4) is 0 Å². The van der Waals surface area contributed by atoms with Gasteiger partial charge in [-0.15, -0.1) is 0 Å². The van der Waals surface area contributed by atoms with Crippen molar-refractivity contribution in [1.82, 2.24) is 4.98 Å². The smallest absolute Gasteiger partial charge is 0.335 e. The monoisotopic (exact) mass is 306 g/mol. The molecular weight excluding hydrogens is 292 g/mol. The molecule has 1 aromatic heterocycles. The molecule has 110 valence electrons. The Balaban J connectivity index is 2.28. The molecule has 2 aromatic rings. The van der Waals surface area contributed by atoms with E-state index in [-0.39, 0.29) is 10.5 Å². The highest BCUT2D eigenvalue weighted by Crippen LogP contribution is 2.19. The van der Waals surface area contributed by atoms with Crippen molar-refractivity contribution in [3.05, 3.63) is 47.7 Å². The van der Waals surface area contributed by atoms with Crippen LogP contribution in [0.5, 0.6) is 0 Å². The fourth-order valence-electron chi connectivity index (χ4n) is 1.79. The highest BCUT2D eigenvalue weighted by Gasteiger charge is 2.08. The van der Waals surface area contributed by atoms with Gasteiger partial charge in [0.2, 0.25) is 0 Å². The molecule has 1 aromatic carbocycles. The Labute approximate surface area is 122 Å². The number of nitrogens with one attached hydrogen (secondary N) is 1. The molecule has 1 heterocycles. The summed E-state index contributed by atoms with van der Waals surface area (Å²) >= 11 is 0. The van der Waals surface area contributed by atoms with Gasteiger partial charge in [0.1, 0.15) is 5.82 Å². The predicted molar refractivity (Wildman–Crippen MR) is 78.8 cm³/mol. The molecule has 0 saturated heterocycles. The Bertz CT molecular complexity index is 783. The number of aromatic nitrogens is 1. The van der Waals surface area contributed by atoms with Gasteiger partial charge in [0, 0.05) is 17.6 Å². The summed E-state index contributed by atoms with van der Waals surface area (Å²) in [7, 11) is -3.24. The summed E-state index contributed by atoms with van der Waals surface area (Å²) in [6.07, 6.45) is 1.14. The van der Waals surface area contributed by atoms with Crippen molar-refractivity contribution in [2.75, 3.05) is 11.6 Å². The third-order valence-corrected chi connectivity index (χ3v) is 3.88. The molecule has 6 nitrogen and oxygen atoms in total. The Kier molecular flexibility index (Phi) is 3.95. The third kappa shape index (κ3) is 3.79. The Morgan fingerprint density at radius 2 is 1.81 bits per heavy atom. The lowest BCUT2D eigenvalue weighted by atomic mass is 10.2. The quantitative estimate of drug-likeness (QED) is 0.899. The lowest BCUT2D eigenvalue weighted by molar-refractivity contribution is 0.0696.